The van der Waals surface area contributed by atoms with Crippen LogP contribution in [0.3, 0.4) is 0 Å². The SMILES string of the molecule is Fc1ccc(-c2ncn(CCC(F)F)c2-c2ccnc(NC3CCC3)n2)cc1. The van der Waals surface area contributed by atoms with Crippen molar-refractivity contribution in [1.82, 2.24) is 19.5 Å². The number of nitrogens with one attached hydrogen (secondary N) is 1. The van der Waals surface area contributed by atoms with Gasteiger partial charge in [-0.1, -0.05) is 0 Å². The highest BCUT2D eigenvalue weighted by molar-refractivity contribution is 5.77. The molecule has 3 aromatic rings. The summed E-state index contributed by atoms with van der Waals surface area (Å²) in [5.74, 6) is 0.158. The fraction of sp³-hybridized carbons (Fsp3) is 0.350. The topological polar surface area (TPSA) is 55.6 Å². The van der Waals surface area contributed by atoms with E-state index >= 15 is 0 Å². The van der Waals surface area contributed by atoms with Crippen LogP contribution in [-0.4, -0.2) is 32.0 Å². The van der Waals surface area contributed by atoms with Gasteiger partial charge in [0.1, 0.15) is 5.82 Å². The summed E-state index contributed by atoms with van der Waals surface area (Å²) in [4.78, 5) is 13.3. The van der Waals surface area contributed by atoms with Crippen LogP contribution in [0.25, 0.3) is 22.6 Å². The summed E-state index contributed by atoms with van der Waals surface area (Å²) in [6.45, 7) is 0.108. The first kappa shape index (κ1) is 18.5. The van der Waals surface area contributed by atoms with Gasteiger partial charge in [0.15, 0.2) is 0 Å². The zero-order chi connectivity index (χ0) is 19.5. The van der Waals surface area contributed by atoms with Crippen LogP contribution in [0.2, 0.25) is 0 Å². The van der Waals surface area contributed by atoms with E-state index in [-0.39, 0.29) is 18.8 Å². The Labute approximate surface area is 160 Å². The zero-order valence-electron chi connectivity index (χ0n) is 15.2. The second kappa shape index (κ2) is 8.00. The zero-order valence-corrected chi connectivity index (χ0v) is 15.2. The molecule has 1 aromatic carbocycles. The highest BCUT2D eigenvalue weighted by Crippen LogP contribution is 2.31. The molecular weight excluding hydrogens is 367 g/mol. The van der Waals surface area contributed by atoms with Crippen LogP contribution >= 0.6 is 0 Å². The minimum Gasteiger partial charge on any atom is -0.351 e. The van der Waals surface area contributed by atoms with Crippen LogP contribution in [0.5, 0.6) is 0 Å². The Morgan fingerprint density at radius 2 is 1.89 bits per heavy atom. The maximum Gasteiger partial charge on any atom is 0.240 e. The van der Waals surface area contributed by atoms with Gasteiger partial charge < -0.3 is 9.88 Å². The van der Waals surface area contributed by atoms with Crippen molar-refractivity contribution >= 4 is 5.95 Å². The quantitative estimate of drug-likeness (QED) is 0.635. The molecule has 0 saturated heterocycles. The van der Waals surface area contributed by atoms with Crippen molar-refractivity contribution in [2.75, 3.05) is 5.32 Å². The smallest absolute Gasteiger partial charge is 0.240 e. The molecule has 1 aliphatic rings. The number of nitrogens with zero attached hydrogens (tertiary/aromatic N) is 4. The molecule has 0 radical (unpaired) electrons. The summed E-state index contributed by atoms with van der Waals surface area (Å²) in [6, 6.07) is 8.03. The van der Waals surface area contributed by atoms with E-state index in [9.17, 15) is 13.2 Å². The van der Waals surface area contributed by atoms with Crippen LogP contribution in [0.4, 0.5) is 19.1 Å². The normalized spacial score (nSPS) is 14.3. The van der Waals surface area contributed by atoms with E-state index in [4.69, 9.17) is 0 Å². The number of hydrogen-bond acceptors (Lipinski definition) is 4. The molecule has 4 rings (SSSR count). The first-order valence-electron chi connectivity index (χ1n) is 9.29. The summed E-state index contributed by atoms with van der Waals surface area (Å²) < 4.78 is 40.5. The molecule has 0 atom stereocenters. The molecule has 0 aliphatic heterocycles. The highest BCUT2D eigenvalue weighted by atomic mass is 19.3. The van der Waals surface area contributed by atoms with Crippen molar-refractivity contribution in [3.8, 4) is 22.6 Å². The van der Waals surface area contributed by atoms with Gasteiger partial charge >= 0.3 is 0 Å². The summed E-state index contributed by atoms with van der Waals surface area (Å²) >= 11 is 0. The lowest BCUT2D eigenvalue weighted by molar-refractivity contribution is 0.131. The third kappa shape index (κ3) is 4.00. The molecule has 146 valence electrons. The fourth-order valence-electron chi connectivity index (χ4n) is 3.17. The predicted octanol–water partition coefficient (Wildman–Crippen LogP) is 4.77. The van der Waals surface area contributed by atoms with Crippen LogP contribution < -0.4 is 5.32 Å². The van der Waals surface area contributed by atoms with Crippen molar-refractivity contribution in [3.05, 3.63) is 48.7 Å². The fourth-order valence-corrected chi connectivity index (χ4v) is 3.17. The van der Waals surface area contributed by atoms with Crippen molar-refractivity contribution in [2.45, 2.75) is 44.7 Å². The molecular formula is C20H20F3N5. The molecule has 8 heteroatoms. The molecule has 0 spiro atoms. The van der Waals surface area contributed by atoms with Crippen molar-refractivity contribution in [3.63, 3.8) is 0 Å². The monoisotopic (exact) mass is 387 g/mol. The summed E-state index contributed by atoms with van der Waals surface area (Å²) in [6.07, 6.45) is 3.82. The Kier molecular flexibility index (Phi) is 5.27. The molecule has 28 heavy (non-hydrogen) atoms. The van der Waals surface area contributed by atoms with E-state index in [0.29, 0.717) is 34.6 Å². The lowest BCUT2D eigenvalue weighted by atomic mass is 9.93. The molecule has 1 saturated carbocycles. The van der Waals surface area contributed by atoms with Gasteiger partial charge in [0.05, 0.1) is 23.4 Å². The van der Waals surface area contributed by atoms with E-state index < -0.39 is 6.43 Å². The molecule has 5 nitrogen and oxygen atoms in total. The van der Waals surface area contributed by atoms with E-state index in [1.165, 1.54) is 24.9 Å². The molecule has 2 heterocycles. The van der Waals surface area contributed by atoms with Gasteiger partial charge in [-0.05, 0) is 49.6 Å². The van der Waals surface area contributed by atoms with Crippen LogP contribution in [-0.2, 0) is 6.54 Å². The number of rotatable bonds is 7. The van der Waals surface area contributed by atoms with Gasteiger partial charge in [0.25, 0.3) is 0 Å². The maximum atomic E-state index is 13.3. The van der Waals surface area contributed by atoms with E-state index in [2.05, 4.69) is 20.3 Å². The predicted molar refractivity (Wildman–Crippen MR) is 101 cm³/mol. The first-order valence-corrected chi connectivity index (χ1v) is 9.29. The van der Waals surface area contributed by atoms with Crippen molar-refractivity contribution in [2.24, 2.45) is 0 Å². The number of anilines is 1. The van der Waals surface area contributed by atoms with Gasteiger partial charge in [-0.3, -0.25) is 0 Å². The molecule has 1 aliphatic carbocycles. The average Bonchev–Trinajstić information content (AvgIpc) is 3.08. The summed E-state index contributed by atoms with van der Waals surface area (Å²) in [5.41, 5.74) is 2.47. The molecule has 2 aromatic heterocycles. The van der Waals surface area contributed by atoms with E-state index in [1.54, 1.807) is 29.0 Å². The first-order chi connectivity index (χ1) is 13.6. The summed E-state index contributed by atoms with van der Waals surface area (Å²) in [7, 11) is 0. The standard InChI is InChI=1S/C20H20F3N5/c21-14-6-4-13(5-7-14)18-19(28(12-25-18)11-9-17(22)23)16-8-10-24-20(27-16)26-15-2-1-3-15/h4-8,10,12,15,17H,1-3,9,11H2,(H,24,26,27). The Bertz CT molecular complexity index is 935. The average molecular weight is 387 g/mol. The summed E-state index contributed by atoms with van der Waals surface area (Å²) in [5, 5.41) is 3.30. The number of alkyl halides is 2. The third-order valence-corrected chi connectivity index (χ3v) is 4.88. The van der Waals surface area contributed by atoms with E-state index in [1.807, 2.05) is 0 Å². The third-order valence-electron chi connectivity index (χ3n) is 4.88. The van der Waals surface area contributed by atoms with E-state index in [0.717, 1.165) is 12.8 Å². The number of hydrogen-bond donors (Lipinski definition) is 1. The van der Waals surface area contributed by atoms with Gasteiger partial charge in [-0.2, -0.15) is 0 Å². The Morgan fingerprint density at radius 3 is 2.57 bits per heavy atom. The van der Waals surface area contributed by atoms with Gasteiger partial charge in [-0.25, -0.2) is 28.1 Å². The molecule has 0 unspecified atom stereocenters. The Balaban J connectivity index is 1.73. The maximum absolute atomic E-state index is 13.3. The Hall–Kier alpha value is -2.90. The minimum atomic E-state index is -2.41. The van der Waals surface area contributed by atoms with Crippen LogP contribution in [0.1, 0.15) is 25.7 Å². The minimum absolute atomic E-state index is 0.108. The lowest BCUT2D eigenvalue weighted by Gasteiger charge is -2.26. The van der Waals surface area contributed by atoms with Gasteiger partial charge in [-0.15, -0.1) is 0 Å². The number of aromatic nitrogens is 4. The number of imidazole rings is 1. The second-order valence-corrected chi connectivity index (χ2v) is 6.86. The Morgan fingerprint density at radius 1 is 1.11 bits per heavy atom. The highest BCUT2D eigenvalue weighted by Gasteiger charge is 2.20. The molecule has 1 N–H and O–H groups in total. The molecule has 1 fully saturated rings. The lowest BCUT2D eigenvalue weighted by Crippen LogP contribution is -2.28. The van der Waals surface area contributed by atoms with Gasteiger partial charge in [0, 0.05) is 30.8 Å². The van der Waals surface area contributed by atoms with Crippen molar-refractivity contribution < 1.29 is 13.2 Å². The van der Waals surface area contributed by atoms with Gasteiger partial charge in [0.2, 0.25) is 12.4 Å². The van der Waals surface area contributed by atoms with Crippen LogP contribution in [0.15, 0.2) is 42.9 Å². The largest absolute Gasteiger partial charge is 0.351 e. The second-order valence-electron chi connectivity index (χ2n) is 6.86. The number of aryl methyl sites for hydroxylation is 1. The molecule has 0 bridgehead atoms. The molecule has 0 amide bonds. The number of benzene rings is 1. The van der Waals surface area contributed by atoms with Crippen LogP contribution in [0, 0.1) is 5.82 Å². The van der Waals surface area contributed by atoms with Crippen molar-refractivity contribution in [1.29, 1.82) is 0 Å². The number of halogens is 3.